The van der Waals surface area contributed by atoms with E-state index in [1.54, 1.807) is 0 Å². The molecule has 1 aromatic rings. The summed E-state index contributed by atoms with van der Waals surface area (Å²) >= 11 is 0. The number of hydrogen-bond donors (Lipinski definition) is 1. The van der Waals surface area contributed by atoms with Crippen molar-refractivity contribution in [1.82, 2.24) is 10.2 Å². The van der Waals surface area contributed by atoms with Crippen molar-refractivity contribution in [2.75, 3.05) is 19.6 Å². The predicted molar refractivity (Wildman–Crippen MR) is 77.7 cm³/mol. The summed E-state index contributed by atoms with van der Waals surface area (Å²) in [6.07, 6.45) is 1.20. The van der Waals surface area contributed by atoms with E-state index in [-0.39, 0.29) is 0 Å². The van der Waals surface area contributed by atoms with Crippen LogP contribution in [0.5, 0.6) is 0 Å². The average Bonchev–Trinajstić information content (AvgIpc) is 2.39. The zero-order valence-corrected chi connectivity index (χ0v) is 11.5. The third-order valence-electron chi connectivity index (χ3n) is 3.68. The predicted octanol–water partition coefficient (Wildman–Crippen LogP) is 2.99. The minimum absolute atomic E-state index is 0.452. The first-order valence-corrected chi connectivity index (χ1v) is 6.87. The summed E-state index contributed by atoms with van der Waals surface area (Å²) in [5, 5.41) is 3.67. The van der Waals surface area contributed by atoms with Crippen LogP contribution in [-0.2, 0) is 0 Å². The highest BCUT2D eigenvalue weighted by atomic mass is 15.2. The van der Waals surface area contributed by atoms with Gasteiger partial charge >= 0.3 is 0 Å². The Morgan fingerprint density at radius 3 is 2.72 bits per heavy atom. The topological polar surface area (TPSA) is 15.3 Å². The van der Waals surface area contributed by atoms with Crippen molar-refractivity contribution in [3.8, 4) is 0 Å². The van der Waals surface area contributed by atoms with E-state index in [2.05, 4.69) is 61.0 Å². The summed E-state index contributed by atoms with van der Waals surface area (Å²) in [6, 6.07) is 11.8. The van der Waals surface area contributed by atoms with Gasteiger partial charge in [0.25, 0.3) is 0 Å². The lowest BCUT2D eigenvalue weighted by Gasteiger charge is -2.40. The minimum Gasteiger partial charge on any atom is -0.307 e. The lowest BCUT2D eigenvalue weighted by Crippen LogP contribution is -2.52. The van der Waals surface area contributed by atoms with Crippen LogP contribution in [0.4, 0.5) is 0 Å². The maximum absolute atomic E-state index is 4.05. The molecule has 1 N–H and O–H groups in total. The van der Waals surface area contributed by atoms with Gasteiger partial charge in [0, 0.05) is 31.7 Å². The second-order valence-corrected chi connectivity index (χ2v) is 5.32. The normalized spacial score (nSPS) is 25.0. The van der Waals surface area contributed by atoms with Gasteiger partial charge in [0.2, 0.25) is 0 Å². The molecule has 98 valence electrons. The first kappa shape index (κ1) is 13.3. The number of piperazine rings is 1. The van der Waals surface area contributed by atoms with E-state index in [1.807, 2.05) is 0 Å². The maximum Gasteiger partial charge on any atom is 0.0450 e. The van der Waals surface area contributed by atoms with Gasteiger partial charge in [-0.15, -0.1) is 0 Å². The summed E-state index contributed by atoms with van der Waals surface area (Å²) in [4.78, 5) is 2.57. The van der Waals surface area contributed by atoms with Crippen molar-refractivity contribution in [2.45, 2.75) is 32.4 Å². The van der Waals surface area contributed by atoms with Gasteiger partial charge in [-0.1, -0.05) is 49.4 Å². The van der Waals surface area contributed by atoms with Gasteiger partial charge in [-0.05, 0) is 18.9 Å². The first-order chi connectivity index (χ1) is 8.70. The summed E-state index contributed by atoms with van der Waals surface area (Å²) < 4.78 is 0. The van der Waals surface area contributed by atoms with Crippen LogP contribution in [0.3, 0.4) is 0 Å². The summed E-state index contributed by atoms with van der Waals surface area (Å²) in [7, 11) is 0. The Hall–Kier alpha value is -1.12. The van der Waals surface area contributed by atoms with Gasteiger partial charge < -0.3 is 5.32 Å². The Bertz CT molecular complexity index is 385. The van der Waals surface area contributed by atoms with Crippen LogP contribution < -0.4 is 5.32 Å². The van der Waals surface area contributed by atoms with Crippen molar-refractivity contribution < 1.29 is 0 Å². The fourth-order valence-electron chi connectivity index (χ4n) is 2.71. The van der Waals surface area contributed by atoms with Gasteiger partial charge in [-0.3, -0.25) is 4.90 Å². The molecule has 0 amide bonds. The van der Waals surface area contributed by atoms with Crippen molar-refractivity contribution in [3.05, 3.63) is 48.0 Å². The first-order valence-electron chi connectivity index (χ1n) is 6.87. The Morgan fingerprint density at radius 1 is 1.39 bits per heavy atom. The molecule has 1 aliphatic heterocycles. The van der Waals surface area contributed by atoms with Crippen molar-refractivity contribution in [2.24, 2.45) is 0 Å². The standard InChI is InChI=1S/C16H24N2/c1-4-15-10-17-16(12-18(15)11-13(2)3)14-8-6-5-7-9-14/h5-9,15-17H,2,4,10-12H2,1,3H3. The lowest BCUT2D eigenvalue weighted by atomic mass is 10.0. The summed E-state index contributed by atoms with van der Waals surface area (Å²) in [6.45, 7) is 11.6. The molecule has 0 saturated carbocycles. The van der Waals surface area contributed by atoms with Crippen LogP contribution in [0, 0.1) is 0 Å². The largest absolute Gasteiger partial charge is 0.307 e. The molecule has 0 aromatic heterocycles. The number of benzene rings is 1. The monoisotopic (exact) mass is 244 g/mol. The molecule has 0 radical (unpaired) electrons. The van der Waals surface area contributed by atoms with Gasteiger partial charge in [0.05, 0.1) is 0 Å². The number of nitrogens with one attached hydrogen (secondary N) is 1. The molecular weight excluding hydrogens is 220 g/mol. The molecule has 2 heteroatoms. The maximum atomic E-state index is 4.05. The molecule has 1 fully saturated rings. The van der Waals surface area contributed by atoms with E-state index in [9.17, 15) is 0 Å². The van der Waals surface area contributed by atoms with Crippen molar-refractivity contribution in [3.63, 3.8) is 0 Å². The van der Waals surface area contributed by atoms with Crippen LogP contribution in [0.25, 0.3) is 0 Å². The third-order valence-corrected chi connectivity index (χ3v) is 3.68. The van der Waals surface area contributed by atoms with Crippen LogP contribution in [0.1, 0.15) is 31.9 Å². The van der Waals surface area contributed by atoms with E-state index in [1.165, 1.54) is 17.6 Å². The number of nitrogens with zero attached hydrogens (tertiary/aromatic N) is 1. The van der Waals surface area contributed by atoms with Crippen LogP contribution in [0.15, 0.2) is 42.5 Å². The van der Waals surface area contributed by atoms with Gasteiger partial charge in [-0.25, -0.2) is 0 Å². The van der Waals surface area contributed by atoms with Crippen LogP contribution >= 0.6 is 0 Å². The molecule has 0 spiro atoms. The number of rotatable bonds is 4. The lowest BCUT2D eigenvalue weighted by molar-refractivity contribution is 0.138. The zero-order valence-electron chi connectivity index (χ0n) is 11.5. The molecule has 0 aliphatic carbocycles. The molecule has 1 saturated heterocycles. The second-order valence-electron chi connectivity index (χ2n) is 5.32. The average molecular weight is 244 g/mol. The molecule has 0 bridgehead atoms. The third kappa shape index (κ3) is 3.21. The molecular formula is C16H24N2. The Balaban J connectivity index is 2.06. The van der Waals surface area contributed by atoms with Crippen molar-refractivity contribution in [1.29, 1.82) is 0 Å². The molecule has 1 heterocycles. The van der Waals surface area contributed by atoms with E-state index in [0.717, 1.165) is 19.6 Å². The number of hydrogen-bond acceptors (Lipinski definition) is 2. The minimum atomic E-state index is 0.452. The summed E-state index contributed by atoms with van der Waals surface area (Å²) in [5.74, 6) is 0. The van der Waals surface area contributed by atoms with Gasteiger partial charge in [0.15, 0.2) is 0 Å². The molecule has 2 unspecified atom stereocenters. The molecule has 18 heavy (non-hydrogen) atoms. The smallest absolute Gasteiger partial charge is 0.0450 e. The molecule has 2 nitrogen and oxygen atoms in total. The van der Waals surface area contributed by atoms with E-state index >= 15 is 0 Å². The highest BCUT2D eigenvalue weighted by molar-refractivity contribution is 5.20. The highest BCUT2D eigenvalue weighted by Gasteiger charge is 2.27. The van der Waals surface area contributed by atoms with Gasteiger partial charge in [0.1, 0.15) is 0 Å². The van der Waals surface area contributed by atoms with E-state index in [4.69, 9.17) is 0 Å². The highest BCUT2D eigenvalue weighted by Crippen LogP contribution is 2.21. The molecule has 1 aromatic carbocycles. The van der Waals surface area contributed by atoms with Gasteiger partial charge in [-0.2, -0.15) is 0 Å². The Labute approximate surface area is 111 Å². The zero-order chi connectivity index (χ0) is 13.0. The van der Waals surface area contributed by atoms with Crippen molar-refractivity contribution >= 4 is 0 Å². The Morgan fingerprint density at radius 2 is 2.11 bits per heavy atom. The molecule has 2 atom stereocenters. The summed E-state index contributed by atoms with van der Waals surface area (Å²) in [5.41, 5.74) is 2.64. The van der Waals surface area contributed by atoms with Crippen LogP contribution in [0.2, 0.25) is 0 Å². The molecule has 1 aliphatic rings. The fourth-order valence-corrected chi connectivity index (χ4v) is 2.71. The molecule has 2 rings (SSSR count). The quantitative estimate of drug-likeness (QED) is 0.819. The van der Waals surface area contributed by atoms with E-state index < -0.39 is 0 Å². The second kappa shape index (κ2) is 6.17. The SMILES string of the molecule is C=C(C)CN1CC(c2ccccc2)NCC1CC. The van der Waals surface area contributed by atoms with E-state index in [0.29, 0.717) is 12.1 Å². The fraction of sp³-hybridized carbons (Fsp3) is 0.500. The Kier molecular flexibility index (Phi) is 4.56. The van der Waals surface area contributed by atoms with Crippen LogP contribution in [-0.4, -0.2) is 30.6 Å².